The summed E-state index contributed by atoms with van der Waals surface area (Å²) in [6.45, 7) is 3.53. The van der Waals surface area contributed by atoms with Gasteiger partial charge in [0.15, 0.2) is 5.60 Å². The van der Waals surface area contributed by atoms with Gasteiger partial charge in [-0.2, -0.15) is 8.75 Å². The Labute approximate surface area is 102 Å². The highest BCUT2D eigenvalue weighted by molar-refractivity contribution is 7.00. The molecule has 0 aliphatic carbocycles. The molecule has 1 aliphatic heterocycles. The number of ketones is 1. The molecule has 0 saturated carbocycles. The largest absolute Gasteiger partial charge is 0.479 e. The van der Waals surface area contributed by atoms with Crippen LogP contribution in [-0.4, -0.2) is 20.1 Å². The van der Waals surface area contributed by atoms with Gasteiger partial charge in [-0.1, -0.05) is 0 Å². The average molecular weight is 246 g/mol. The maximum atomic E-state index is 11.7. The van der Waals surface area contributed by atoms with Crippen LogP contribution < -0.4 is 0 Å². The Morgan fingerprint density at radius 1 is 1.24 bits per heavy atom. The lowest BCUT2D eigenvalue weighted by atomic mass is 10.1. The van der Waals surface area contributed by atoms with Gasteiger partial charge in [0, 0.05) is 11.6 Å². The van der Waals surface area contributed by atoms with Crippen LogP contribution >= 0.6 is 11.7 Å². The number of ether oxygens (including phenoxy) is 1. The average Bonchev–Trinajstić information content (AvgIpc) is 2.83. The maximum Gasteiger partial charge on any atom is 0.202 e. The second-order valence-corrected chi connectivity index (χ2v) is 4.98. The Balaban J connectivity index is 2.05. The van der Waals surface area contributed by atoms with Gasteiger partial charge < -0.3 is 4.74 Å². The van der Waals surface area contributed by atoms with E-state index in [4.69, 9.17) is 4.74 Å². The third-order valence-corrected chi connectivity index (χ3v) is 3.32. The summed E-state index contributed by atoms with van der Waals surface area (Å²) >= 11 is 1.18. The molecule has 0 spiro atoms. The molecule has 2 aromatic rings. The molecule has 0 atom stereocenters. The van der Waals surface area contributed by atoms with Crippen molar-refractivity contribution in [3.05, 3.63) is 29.8 Å². The summed E-state index contributed by atoms with van der Waals surface area (Å²) in [7, 11) is 0. The smallest absolute Gasteiger partial charge is 0.202 e. The van der Waals surface area contributed by atoms with Gasteiger partial charge in [-0.05, 0) is 32.0 Å². The third kappa shape index (κ3) is 1.63. The van der Waals surface area contributed by atoms with Crippen LogP contribution in [0.15, 0.2) is 24.3 Å². The van der Waals surface area contributed by atoms with Gasteiger partial charge in [-0.15, -0.1) is 0 Å². The minimum atomic E-state index is -0.759. The second kappa shape index (κ2) is 3.37. The predicted octanol–water partition coefficient (Wildman–Crippen LogP) is 2.41. The van der Waals surface area contributed by atoms with Crippen LogP contribution in [0.4, 0.5) is 0 Å². The van der Waals surface area contributed by atoms with E-state index in [9.17, 15) is 4.79 Å². The van der Waals surface area contributed by atoms with Crippen molar-refractivity contribution in [2.75, 3.05) is 0 Å². The first-order chi connectivity index (χ1) is 8.06. The Morgan fingerprint density at radius 2 is 2.00 bits per heavy atom. The molecule has 0 N–H and O–H groups in total. The van der Waals surface area contributed by atoms with Gasteiger partial charge in [-0.3, -0.25) is 4.79 Å². The van der Waals surface area contributed by atoms with Crippen LogP contribution in [0.25, 0.3) is 16.8 Å². The normalized spacial score (nSPS) is 18.2. The van der Waals surface area contributed by atoms with Gasteiger partial charge in [0.05, 0.1) is 11.7 Å². The predicted molar refractivity (Wildman–Crippen MR) is 65.6 cm³/mol. The maximum absolute atomic E-state index is 11.7. The second-order valence-electron chi connectivity index (χ2n) is 4.45. The van der Waals surface area contributed by atoms with Crippen molar-refractivity contribution < 1.29 is 9.53 Å². The molecule has 86 valence electrons. The highest BCUT2D eigenvalue weighted by Gasteiger charge is 2.35. The highest BCUT2D eigenvalue weighted by Crippen LogP contribution is 2.31. The van der Waals surface area contributed by atoms with Crippen molar-refractivity contribution in [1.29, 1.82) is 0 Å². The topological polar surface area (TPSA) is 52.1 Å². The molecule has 0 unspecified atom stereocenters. The standard InChI is InChI=1S/C12H10N2O2S/c1-12(2)11(15)6-10(16-12)7-3-4-8-9(5-7)14-17-13-8/h3-6H,1-2H3. The lowest BCUT2D eigenvalue weighted by molar-refractivity contribution is -0.125. The fraction of sp³-hybridized carbons (Fsp3) is 0.250. The van der Waals surface area contributed by atoms with Crippen LogP contribution in [-0.2, 0) is 9.53 Å². The summed E-state index contributed by atoms with van der Waals surface area (Å²) in [5.41, 5.74) is 1.80. The number of nitrogens with zero attached hydrogens (tertiary/aromatic N) is 2. The first kappa shape index (κ1) is 10.4. The van der Waals surface area contributed by atoms with E-state index in [-0.39, 0.29) is 5.78 Å². The minimum absolute atomic E-state index is 0.0102. The van der Waals surface area contributed by atoms with Crippen LogP contribution in [0, 0.1) is 0 Å². The van der Waals surface area contributed by atoms with Gasteiger partial charge in [0.1, 0.15) is 16.8 Å². The van der Waals surface area contributed by atoms with Crippen molar-refractivity contribution in [2.45, 2.75) is 19.4 Å². The molecule has 0 radical (unpaired) electrons. The summed E-state index contributed by atoms with van der Waals surface area (Å²) in [6.07, 6.45) is 1.54. The number of rotatable bonds is 1. The van der Waals surface area contributed by atoms with Gasteiger partial charge >= 0.3 is 0 Å². The number of fused-ring (bicyclic) bond motifs is 1. The fourth-order valence-corrected chi connectivity index (χ4v) is 2.24. The molecule has 5 heteroatoms. The third-order valence-electron chi connectivity index (χ3n) is 2.76. The quantitative estimate of drug-likeness (QED) is 0.775. The minimum Gasteiger partial charge on any atom is -0.479 e. The van der Waals surface area contributed by atoms with Gasteiger partial charge in [-0.25, -0.2) is 0 Å². The molecule has 2 heterocycles. The summed E-state index contributed by atoms with van der Waals surface area (Å²) in [6, 6.07) is 5.66. The Hall–Kier alpha value is -1.75. The fourth-order valence-electron chi connectivity index (χ4n) is 1.73. The molecular formula is C12H10N2O2S. The van der Waals surface area contributed by atoms with E-state index >= 15 is 0 Å². The molecule has 0 fully saturated rings. The summed E-state index contributed by atoms with van der Waals surface area (Å²) < 4.78 is 13.9. The molecule has 0 bridgehead atoms. The lowest BCUT2D eigenvalue weighted by Gasteiger charge is -2.17. The van der Waals surface area contributed by atoms with E-state index in [1.165, 1.54) is 11.7 Å². The van der Waals surface area contributed by atoms with Crippen molar-refractivity contribution in [1.82, 2.24) is 8.75 Å². The molecule has 1 aromatic carbocycles. The Bertz CT molecular complexity index is 643. The van der Waals surface area contributed by atoms with Crippen molar-refractivity contribution in [2.24, 2.45) is 0 Å². The van der Waals surface area contributed by atoms with Gasteiger partial charge in [0.2, 0.25) is 5.78 Å². The molecule has 4 nitrogen and oxygen atoms in total. The molecule has 1 aromatic heterocycles. The van der Waals surface area contributed by atoms with Crippen LogP contribution in [0.5, 0.6) is 0 Å². The van der Waals surface area contributed by atoms with Crippen molar-refractivity contribution in [3.8, 4) is 0 Å². The Kier molecular flexibility index (Phi) is 2.06. The van der Waals surface area contributed by atoms with Crippen LogP contribution in [0.1, 0.15) is 19.4 Å². The zero-order valence-corrected chi connectivity index (χ0v) is 10.2. The van der Waals surface area contributed by atoms with Crippen molar-refractivity contribution in [3.63, 3.8) is 0 Å². The zero-order valence-electron chi connectivity index (χ0n) is 9.43. The number of aromatic nitrogens is 2. The van der Waals surface area contributed by atoms with Crippen LogP contribution in [0.2, 0.25) is 0 Å². The molecule has 0 amide bonds. The van der Waals surface area contributed by atoms with Crippen LogP contribution in [0.3, 0.4) is 0 Å². The number of hydrogen-bond donors (Lipinski definition) is 0. The number of hydrogen-bond acceptors (Lipinski definition) is 5. The Morgan fingerprint density at radius 3 is 2.71 bits per heavy atom. The number of carbonyl (C=O) groups excluding carboxylic acids is 1. The zero-order chi connectivity index (χ0) is 12.0. The molecule has 17 heavy (non-hydrogen) atoms. The summed E-state index contributed by atoms with van der Waals surface area (Å²) in [4.78, 5) is 11.7. The molecule has 3 rings (SSSR count). The van der Waals surface area contributed by atoms with E-state index in [0.717, 1.165) is 16.6 Å². The summed E-state index contributed by atoms with van der Waals surface area (Å²) in [5, 5.41) is 0. The monoisotopic (exact) mass is 246 g/mol. The van der Waals surface area contributed by atoms with Crippen molar-refractivity contribution >= 4 is 34.3 Å². The molecule has 1 aliphatic rings. The van der Waals surface area contributed by atoms with Gasteiger partial charge in [0.25, 0.3) is 0 Å². The first-order valence-corrected chi connectivity index (χ1v) is 5.97. The van der Waals surface area contributed by atoms with E-state index in [1.807, 2.05) is 18.2 Å². The first-order valence-electron chi connectivity index (χ1n) is 5.24. The number of benzene rings is 1. The van der Waals surface area contributed by atoms with E-state index in [2.05, 4.69) is 8.75 Å². The lowest BCUT2D eigenvalue weighted by Crippen LogP contribution is -2.27. The van der Waals surface area contributed by atoms with E-state index in [1.54, 1.807) is 19.9 Å². The SMILES string of the molecule is CC1(C)OC(c2ccc3nsnc3c2)=CC1=O. The highest BCUT2D eigenvalue weighted by atomic mass is 32.1. The number of carbonyl (C=O) groups is 1. The summed E-state index contributed by atoms with van der Waals surface area (Å²) in [5.74, 6) is 0.596. The van der Waals surface area contributed by atoms with E-state index < -0.39 is 5.60 Å². The van der Waals surface area contributed by atoms with E-state index in [0.29, 0.717) is 5.76 Å². The molecular weight excluding hydrogens is 236 g/mol. The molecule has 0 saturated heterocycles.